The normalized spacial score (nSPS) is 10.5. The maximum Gasteiger partial charge on any atom is 0.252 e. The van der Waals surface area contributed by atoms with Crippen molar-refractivity contribution in [3.05, 3.63) is 58.7 Å². The topological polar surface area (TPSA) is 54.0 Å². The summed E-state index contributed by atoms with van der Waals surface area (Å²) in [5.74, 6) is 0.649. The molecular formula is C17H20ClN3O. The Balaban J connectivity index is 1.84. The highest BCUT2D eigenvalue weighted by atomic mass is 35.5. The van der Waals surface area contributed by atoms with Crippen LogP contribution in [0.2, 0.25) is 5.02 Å². The Bertz CT molecular complexity index is 626. The first-order valence-corrected chi connectivity index (χ1v) is 7.67. The van der Waals surface area contributed by atoms with E-state index in [1.165, 1.54) is 0 Å². The predicted octanol–water partition coefficient (Wildman–Crippen LogP) is 3.53. The lowest BCUT2D eigenvalue weighted by Gasteiger charge is -2.09. The minimum Gasteiger partial charge on any atom is -0.368 e. The molecular weight excluding hydrogens is 298 g/mol. The maximum atomic E-state index is 12.0. The van der Waals surface area contributed by atoms with Gasteiger partial charge in [0, 0.05) is 23.8 Å². The van der Waals surface area contributed by atoms with E-state index in [0.29, 0.717) is 23.2 Å². The van der Waals surface area contributed by atoms with Crippen LogP contribution >= 0.6 is 11.6 Å². The van der Waals surface area contributed by atoms with E-state index in [1.807, 2.05) is 44.2 Å². The molecule has 4 nitrogen and oxygen atoms in total. The number of aromatic nitrogens is 1. The molecule has 0 aliphatic rings. The van der Waals surface area contributed by atoms with E-state index in [0.717, 1.165) is 17.8 Å². The van der Waals surface area contributed by atoms with Crippen molar-refractivity contribution in [1.82, 2.24) is 10.3 Å². The van der Waals surface area contributed by atoms with Crippen LogP contribution in [0.15, 0.2) is 42.6 Å². The molecule has 0 bridgehead atoms. The lowest BCUT2D eigenvalue weighted by molar-refractivity contribution is 0.0954. The molecule has 1 amide bonds. The summed E-state index contributed by atoms with van der Waals surface area (Å²) >= 11 is 5.93. The Kier molecular flexibility index (Phi) is 5.78. The van der Waals surface area contributed by atoms with Crippen LogP contribution in [0.4, 0.5) is 5.82 Å². The van der Waals surface area contributed by atoms with Gasteiger partial charge in [0.25, 0.3) is 5.91 Å². The van der Waals surface area contributed by atoms with Crippen molar-refractivity contribution in [3.63, 3.8) is 0 Å². The summed E-state index contributed by atoms with van der Waals surface area (Å²) in [6.45, 7) is 4.64. The van der Waals surface area contributed by atoms with Crippen molar-refractivity contribution in [2.24, 2.45) is 0 Å². The third kappa shape index (κ3) is 5.04. The Morgan fingerprint density at radius 3 is 2.73 bits per heavy atom. The van der Waals surface area contributed by atoms with Crippen LogP contribution in [0, 0.1) is 0 Å². The monoisotopic (exact) mass is 317 g/mol. The molecule has 0 unspecified atom stereocenters. The summed E-state index contributed by atoms with van der Waals surface area (Å²) < 4.78 is 0. The summed E-state index contributed by atoms with van der Waals surface area (Å²) in [7, 11) is 0. The van der Waals surface area contributed by atoms with Crippen LogP contribution in [-0.2, 0) is 6.42 Å². The van der Waals surface area contributed by atoms with Gasteiger partial charge in [-0.2, -0.15) is 0 Å². The van der Waals surface area contributed by atoms with E-state index in [1.54, 1.807) is 12.3 Å². The third-order valence-corrected chi connectivity index (χ3v) is 3.29. The first-order valence-electron chi connectivity index (χ1n) is 7.30. The van der Waals surface area contributed by atoms with Gasteiger partial charge in [-0.25, -0.2) is 4.98 Å². The summed E-state index contributed by atoms with van der Waals surface area (Å²) in [4.78, 5) is 16.3. The molecule has 0 atom stereocenters. The predicted molar refractivity (Wildman–Crippen MR) is 90.5 cm³/mol. The van der Waals surface area contributed by atoms with Crippen LogP contribution in [0.25, 0.3) is 0 Å². The lowest BCUT2D eigenvalue weighted by atomic mass is 10.1. The number of amides is 1. The molecule has 0 radical (unpaired) electrons. The average molecular weight is 318 g/mol. The van der Waals surface area contributed by atoms with Crippen molar-refractivity contribution >= 4 is 23.3 Å². The molecule has 116 valence electrons. The van der Waals surface area contributed by atoms with Crippen molar-refractivity contribution in [1.29, 1.82) is 0 Å². The highest BCUT2D eigenvalue weighted by Crippen LogP contribution is 2.11. The number of rotatable bonds is 6. The fourth-order valence-electron chi connectivity index (χ4n) is 2.02. The number of benzene rings is 1. The number of carbonyl (C=O) groups is 1. The highest BCUT2D eigenvalue weighted by Gasteiger charge is 2.06. The number of nitrogens with zero attached hydrogens (tertiary/aromatic N) is 1. The number of carbonyl (C=O) groups excluding carboxylic acids is 1. The van der Waals surface area contributed by atoms with Gasteiger partial charge in [0.2, 0.25) is 0 Å². The summed E-state index contributed by atoms with van der Waals surface area (Å²) in [6.07, 6.45) is 2.33. The van der Waals surface area contributed by atoms with Crippen LogP contribution in [0.3, 0.4) is 0 Å². The molecule has 1 aromatic heterocycles. The first kappa shape index (κ1) is 16.3. The molecule has 0 saturated heterocycles. The molecule has 2 rings (SSSR count). The lowest BCUT2D eigenvalue weighted by Crippen LogP contribution is -2.25. The molecule has 5 heteroatoms. The zero-order valence-corrected chi connectivity index (χ0v) is 13.5. The van der Waals surface area contributed by atoms with Gasteiger partial charge in [0.1, 0.15) is 5.82 Å². The van der Waals surface area contributed by atoms with Crippen molar-refractivity contribution in [3.8, 4) is 0 Å². The van der Waals surface area contributed by atoms with Crippen molar-refractivity contribution < 1.29 is 4.79 Å². The zero-order chi connectivity index (χ0) is 15.9. The van der Waals surface area contributed by atoms with Gasteiger partial charge in [0.05, 0.1) is 5.56 Å². The zero-order valence-electron chi connectivity index (χ0n) is 12.8. The first-order chi connectivity index (χ1) is 10.5. The van der Waals surface area contributed by atoms with E-state index >= 15 is 0 Å². The number of halogens is 1. The minimum absolute atomic E-state index is 0.120. The standard InChI is InChI=1S/C17H20ClN3O/c1-12(2)21-16-7-6-14(11-20-16)17(22)19-9-8-13-4-3-5-15(18)10-13/h3-7,10-12H,8-9H2,1-2H3,(H,19,22)(H,20,21). The van der Waals surface area contributed by atoms with Gasteiger partial charge in [0.15, 0.2) is 0 Å². The van der Waals surface area contributed by atoms with E-state index in [2.05, 4.69) is 15.6 Å². The SMILES string of the molecule is CC(C)Nc1ccc(C(=O)NCCc2cccc(Cl)c2)cn1. The van der Waals surface area contributed by atoms with E-state index < -0.39 is 0 Å². The molecule has 0 aliphatic heterocycles. The summed E-state index contributed by atoms with van der Waals surface area (Å²) in [5.41, 5.74) is 1.66. The second-order valence-corrected chi connectivity index (χ2v) is 5.80. The van der Waals surface area contributed by atoms with Gasteiger partial charge in [-0.05, 0) is 50.1 Å². The van der Waals surface area contributed by atoms with E-state index in [-0.39, 0.29) is 5.91 Å². The molecule has 2 N–H and O–H groups in total. The molecule has 0 spiro atoms. The number of hydrogen-bond acceptors (Lipinski definition) is 3. The second kappa shape index (κ2) is 7.80. The number of nitrogens with one attached hydrogen (secondary N) is 2. The number of hydrogen-bond donors (Lipinski definition) is 2. The van der Waals surface area contributed by atoms with Gasteiger partial charge in [-0.1, -0.05) is 23.7 Å². The van der Waals surface area contributed by atoms with Crippen LogP contribution in [-0.4, -0.2) is 23.5 Å². The van der Waals surface area contributed by atoms with Gasteiger partial charge in [-0.3, -0.25) is 4.79 Å². The van der Waals surface area contributed by atoms with Gasteiger partial charge >= 0.3 is 0 Å². The van der Waals surface area contributed by atoms with Crippen molar-refractivity contribution in [2.75, 3.05) is 11.9 Å². The number of pyridine rings is 1. The Morgan fingerprint density at radius 1 is 1.27 bits per heavy atom. The molecule has 1 aromatic carbocycles. The highest BCUT2D eigenvalue weighted by molar-refractivity contribution is 6.30. The Morgan fingerprint density at radius 2 is 2.09 bits per heavy atom. The summed E-state index contributed by atoms with van der Waals surface area (Å²) in [6, 6.07) is 11.5. The number of anilines is 1. The van der Waals surface area contributed by atoms with Gasteiger partial charge < -0.3 is 10.6 Å². The second-order valence-electron chi connectivity index (χ2n) is 5.37. The average Bonchev–Trinajstić information content (AvgIpc) is 2.47. The molecule has 22 heavy (non-hydrogen) atoms. The minimum atomic E-state index is -0.120. The molecule has 0 aliphatic carbocycles. The van der Waals surface area contributed by atoms with Crippen LogP contribution in [0.5, 0.6) is 0 Å². The molecule has 0 saturated carbocycles. The van der Waals surface area contributed by atoms with Gasteiger partial charge in [-0.15, -0.1) is 0 Å². The van der Waals surface area contributed by atoms with Crippen LogP contribution < -0.4 is 10.6 Å². The largest absolute Gasteiger partial charge is 0.368 e. The van der Waals surface area contributed by atoms with E-state index in [9.17, 15) is 4.79 Å². The fourth-order valence-corrected chi connectivity index (χ4v) is 2.24. The maximum absolute atomic E-state index is 12.0. The van der Waals surface area contributed by atoms with E-state index in [4.69, 9.17) is 11.6 Å². The van der Waals surface area contributed by atoms with Crippen molar-refractivity contribution in [2.45, 2.75) is 26.3 Å². The quantitative estimate of drug-likeness (QED) is 0.857. The Hall–Kier alpha value is -2.07. The third-order valence-electron chi connectivity index (χ3n) is 3.05. The molecule has 2 aromatic rings. The fraction of sp³-hybridized carbons (Fsp3) is 0.294. The molecule has 1 heterocycles. The van der Waals surface area contributed by atoms with Crippen LogP contribution in [0.1, 0.15) is 29.8 Å². The summed E-state index contributed by atoms with van der Waals surface area (Å²) in [5, 5.41) is 6.78. The molecule has 0 fully saturated rings. The Labute approximate surface area is 135 Å². The smallest absolute Gasteiger partial charge is 0.252 e.